The number of hydrogen-bond donors (Lipinski definition) is 1. The molecule has 5 heteroatoms. The van der Waals surface area contributed by atoms with Gasteiger partial charge in [0.2, 0.25) is 0 Å². The Morgan fingerprint density at radius 1 is 0.963 bits per heavy atom. The zero-order valence-electron chi connectivity index (χ0n) is 15.4. The van der Waals surface area contributed by atoms with Gasteiger partial charge in [-0.15, -0.1) is 0 Å². The van der Waals surface area contributed by atoms with Gasteiger partial charge in [0.15, 0.2) is 0 Å². The van der Waals surface area contributed by atoms with Crippen LogP contribution in [-0.2, 0) is 16.1 Å². The summed E-state index contributed by atoms with van der Waals surface area (Å²) in [5.41, 5.74) is 4.23. The predicted octanol–water partition coefficient (Wildman–Crippen LogP) is 3.57. The van der Waals surface area contributed by atoms with E-state index >= 15 is 0 Å². The third kappa shape index (κ3) is 4.44. The van der Waals surface area contributed by atoms with Crippen LogP contribution >= 0.6 is 0 Å². The first-order valence-electron chi connectivity index (χ1n) is 8.78. The van der Waals surface area contributed by atoms with Crippen molar-refractivity contribution < 1.29 is 14.3 Å². The van der Waals surface area contributed by atoms with E-state index in [0.717, 1.165) is 22.6 Å². The van der Waals surface area contributed by atoms with Gasteiger partial charge >= 0.3 is 5.97 Å². The number of hydrogen-bond acceptors (Lipinski definition) is 3. The van der Waals surface area contributed by atoms with Crippen molar-refractivity contribution in [1.29, 1.82) is 0 Å². The second-order valence-electron chi connectivity index (χ2n) is 6.28. The number of carbonyl (C=O) groups excluding carboxylic acids is 2. The molecule has 3 aromatic rings. The lowest BCUT2D eigenvalue weighted by Crippen LogP contribution is -2.30. The minimum Gasteiger partial charge on any atom is -0.460 e. The lowest BCUT2D eigenvalue weighted by atomic mass is 10.2. The number of carbonyl (C=O) groups is 2. The average Bonchev–Trinajstić information content (AvgIpc) is 3.00. The molecule has 1 amide bonds. The maximum atomic E-state index is 12.5. The Kier molecular flexibility index (Phi) is 5.71. The highest BCUT2D eigenvalue weighted by molar-refractivity contribution is 5.97. The number of ether oxygens (including phenoxy) is 1. The van der Waals surface area contributed by atoms with Gasteiger partial charge in [-0.2, -0.15) is 0 Å². The number of nitrogens with zero attached hydrogens (tertiary/aromatic N) is 1. The number of esters is 1. The molecule has 3 rings (SSSR count). The summed E-state index contributed by atoms with van der Waals surface area (Å²) >= 11 is 0. The molecule has 0 saturated heterocycles. The lowest BCUT2D eigenvalue weighted by molar-refractivity contribution is -0.143. The van der Waals surface area contributed by atoms with E-state index < -0.39 is 5.97 Å². The normalized spacial score (nSPS) is 10.4. The second kappa shape index (κ2) is 8.36. The molecule has 1 heterocycles. The van der Waals surface area contributed by atoms with E-state index in [0.29, 0.717) is 5.56 Å². The van der Waals surface area contributed by atoms with E-state index in [1.165, 1.54) is 0 Å². The Balaban J connectivity index is 1.61. The Morgan fingerprint density at radius 3 is 2.26 bits per heavy atom. The minimum atomic E-state index is -0.468. The third-order valence-electron chi connectivity index (χ3n) is 4.33. The molecule has 0 bridgehead atoms. The molecular formula is C22H22N2O3. The predicted molar refractivity (Wildman–Crippen MR) is 104 cm³/mol. The molecule has 0 saturated carbocycles. The van der Waals surface area contributed by atoms with Crippen LogP contribution in [0.25, 0.3) is 5.69 Å². The Morgan fingerprint density at radius 2 is 1.59 bits per heavy atom. The van der Waals surface area contributed by atoms with Crippen LogP contribution in [0.2, 0.25) is 0 Å². The average molecular weight is 362 g/mol. The summed E-state index contributed by atoms with van der Waals surface area (Å²) in [5, 5.41) is 2.64. The first kappa shape index (κ1) is 18.5. The van der Waals surface area contributed by atoms with E-state index in [2.05, 4.69) is 5.32 Å². The summed E-state index contributed by atoms with van der Waals surface area (Å²) < 4.78 is 7.20. The SMILES string of the molecule is Cc1cc(C(=O)NCC(=O)OCc2ccccc2)c(C)n1-c1ccccc1. The van der Waals surface area contributed by atoms with Crippen molar-refractivity contribution in [2.45, 2.75) is 20.5 Å². The highest BCUT2D eigenvalue weighted by Crippen LogP contribution is 2.20. The molecule has 0 aliphatic carbocycles. The first-order chi connectivity index (χ1) is 13.1. The number of rotatable bonds is 6. The van der Waals surface area contributed by atoms with Crippen LogP contribution in [-0.4, -0.2) is 23.0 Å². The number of aryl methyl sites for hydroxylation is 1. The largest absolute Gasteiger partial charge is 0.460 e. The molecule has 5 nitrogen and oxygen atoms in total. The van der Waals surface area contributed by atoms with Crippen molar-refractivity contribution in [2.75, 3.05) is 6.54 Å². The van der Waals surface area contributed by atoms with Crippen LogP contribution in [0, 0.1) is 13.8 Å². The Labute approximate surface area is 158 Å². The number of para-hydroxylation sites is 1. The van der Waals surface area contributed by atoms with E-state index in [1.54, 1.807) is 0 Å². The van der Waals surface area contributed by atoms with Crippen LogP contribution in [0.3, 0.4) is 0 Å². The molecule has 0 aliphatic heterocycles. The maximum absolute atomic E-state index is 12.5. The quantitative estimate of drug-likeness (QED) is 0.682. The van der Waals surface area contributed by atoms with Gasteiger partial charge in [0.05, 0.1) is 5.56 Å². The molecule has 0 fully saturated rings. The number of nitrogens with one attached hydrogen (secondary N) is 1. The summed E-state index contributed by atoms with van der Waals surface area (Å²) in [6.45, 7) is 3.87. The number of aromatic nitrogens is 1. The van der Waals surface area contributed by atoms with Crippen LogP contribution in [0.15, 0.2) is 66.7 Å². The van der Waals surface area contributed by atoms with E-state index in [4.69, 9.17) is 4.74 Å². The zero-order chi connectivity index (χ0) is 19.2. The molecule has 27 heavy (non-hydrogen) atoms. The van der Waals surface area contributed by atoms with Crippen LogP contribution in [0.5, 0.6) is 0 Å². The summed E-state index contributed by atoms with van der Waals surface area (Å²) in [6.07, 6.45) is 0. The fourth-order valence-electron chi connectivity index (χ4n) is 3.00. The van der Waals surface area contributed by atoms with Gasteiger partial charge in [0.25, 0.3) is 5.91 Å². The van der Waals surface area contributed by atoms with Crippen LogP contribution in [0.4, 0.5) is 0 Å². The fraction of sp³-hybridized carbons (Fsp3) is 0.182. The minimum absolute atomic E-state index is 0.166. The van der Waals surface area contributed by atoms with Gasteiger partial charge in [0.1, 0.15) is 13.2 Å². The molecule has 2 aromatic carbocycles. The molecule has 138 valence electrons. The highest BCUT2D eigenvalue weighted by Gasteiger charge is 2.17. The molecule has 1 N–H and O–H groups in total. The Hall–Kier alpha value is -3.34. The Bertz CT molecular complexity index is 931. The van der Waals surface area contributed by atoms with Gasteiger partial charge < -0.3 is 14.6 Å². The van der Waals surface area contributed by atoms with Crippen LogP contribution < -0.4 is 5.32 Å². The number of amides is 1. The lowest BCUT2D eigenvalue weighted by Gasteiger charge is -2.10. The van der Waals surface area contributed by atoms with Gasteiger partial charge in [-0.05, 0) is 37.6 Å². The summed E-state index contributed by atoms with van der Waals surface area (Å²) in [5.74, 6) is -0.758. The van der Waals surface area contributed by atoms with Crippen molar-refractivity contribution in [2.24, 2.45) is 0 Å². The molecular weight excluding hydrogens is 340 g/mol. The monoisotopic (exact) mass is 362 g/mol. The summed E-state index contributed by atoms with van der Waals surface area (Å²) in [4.78, 5) is 24.4. The molecule has 1 aromatic heterocycles. The van der Waals surface area contributed by atoms with Crippen molar-refractivity contribution in [3.8, 4) is 5.69 Å². The van der Waals surface area contributed by atoms with Crippen molar-refractivity contribution in [3.63, 3.8) is 0 Å². The van der Waals surface area contributed by atoms with Crippen molar-refractivity contribution in [3.05, 3.63) is 89.2 Å². The summed E-state index contributed by atoms with van der Waals surface area (Å²) in [7, 11) is 0. The van der Waals surface area contributed by atoms with Gasteiger partial charge in [0, 0.05) is 17.1 Å². The standard InChI is InChI=1S/C22H22N2O3/c1-16-13-20(17(2)24(16)19-11-7-4-8-12-19)22(26)23-14-21(25)27-15-18-9-5-3-6-10-18/h3-13H,14-15H2,1-2H3,(H,23,26). The molecule has 0 spiro atoms. The zero-order valence-corrected chi connectivity index (χ0v) is 15.4. The smallest absolute Gasteiger partial charge is 0.325 e. The maximum Gasteiger partial charge on any atom is 0.325 e. The summed E-state index contributed by atoms with van der Waals surface area (Å²) in [6, 6.07) is 21.1. The van der Waals surface area contributed by atoms with Crippen molar-refractivity contribution >= 4 is 11.9 Å². The first-order valence-corrected chi connectivity index (χ1v) is 8.78. The molecule has 0 atom stereocenters. The highest BCUT2D eigenvalue weighted by atomic mass is 16.5. The van der Waals surface area contributed by atoms with E-state index in [9.17, 15) is 9.59 Å². The second-order valence-corrected chi connectivity index (χ2v) is 6.28. The van der Waals surface area contributed by atoms with Crippen LogP contribution in [0.1, 0.15) is 27.3 Å². The topological polar surface area (TPSA) is 60.3 Å². The van der Waals surface area contributed by atoms with E-state index in [1.807, 2.05) is 85.1 Å². The fourth-order valence-corrected chi connectivity index (χ4v) is 3.00. The van der Waals surface area contributed by atoms with E-state index in [-0.39, 0.29) is 19.1 Å². The van der Waals surface area contributed by atoms with Gasteiger partial charge in [-0.1, -0.05) is 48.5 Å². The third-order valence-corrected chi connectivity index (χ3v) is 4.33. The molecule has 0 unspecified atom stereocenters. The van der Waals surface area contributed by atoms with Gasteiger partial charge in [-0.25, -0.2) is 0 Å². The van der Waals surface area contributed by atoms with Gasteiger partial charge in [-0.3, -0.25) is 9.59 Å². The number of benzene rings is 2. The molecule has 0 radical (unpaired) electrons. The van der Waals surface area contributed by atoms with Crippen molar-refractivity contribution in [1.82, 2.24) is 9.88 Å². The molecule has 0 aliphatic rings.